The number of hydrogen-bond donors (Lipinski definition) is 2. The minimum absolute atomic E-state index is 0.000765. The molecule has 1 fully saturated rings. The number of hydrogen-bond acceptors (Lipinski definition) is 5. The molecule has 2 aliphatic rings. The molecule has 228 valence electrons. The summed E-state index contributed by atoms with van der Waals surface area (Å²) in [7, 11) is -2.92. The average molecular weight is 591 g/mol. The fourth-order valence-electron chi connectivity index (χ4n) is 7.06. The van der Waals surface area contributed by atoms with Crippen molar-refractivity contribution in [2.24, 2.45) is 29.6 Å². The molecule has 5 atom stereocenters. The summed E-state index contributed by atoms with van der Waals surface area (Å²) in [4.78, 5) is 0. The molecule has 1 heterocycles. The Bertz CT molecular complexity index is 1180. The van der Waals surface area contributed by atoms with Gasteiger partial charge in [-0.3, -0.25) is 0 Å². The molecule has 1 aliphatic carbocycles. The summed E-state index contributed by atoms with van der Waals surface area (Å²) in [5.41, 5.74) is 0.624. The first-order chi connectivity index (χ1) is 19.8. The van der Waals surface area contributed by atoms with E-state index in [2.05, 4.69) is 108 Å². The number of rotatable bonds is 10. The van der Waals surface area contributed by atoms with E-state index in [1.54, 1.807) is 0 Å². The van der Waals surface area contributed by atoms with Crippen LogP contribution in [0.3, 0.4) is 0 Å². The van der Waals surface area contributed by atoms with Gasteiger partial charge in [-0.25, -0.2) is 0 Å². The highest BCUT2D eigenvalue weighted by Crippen LogP contribution is 2.49. The van der Waals surface area contributed by atoms with Gasteiger partial charge in [0.1, 0.15) is 0 Å². The lowest BCUT2D eigenvalue weighted by Crippen LogP contribution is -2.67. The van der Waals surface area contributed by atoms with Crippen molar-refractivity contribution < 1.29 is 24.1 Å². The Kier molecular flexibility index (Phi) is 10.1. The van der Waals surface area contributed by atoms with Crippen molar-refractivity contribution in [1.29, 1.82) is 0 Å². The first-order valence-corrected chi connectivity index (χ1v) is 17.1. The molecule has 0 spiro atoms. The predicted octanol–water partition coefficient (Wildman–Crippen LogP) is 5.83. The molecule has 1 saturated heterocycles. The highest BCUT2D eigenvalue weighted by molar-refractivity contribution is 6.99. The minimum Gasteiger partial charge on any atom is -0.537 e. The standard InChI is InChI=1S/C36H50O5Si/c1-9-30-33(31(38)20-25(2)22-37)26(3)21-32(34(30)27-23-39-36(7,8)40-24-27)41-42(35(4,5)6,28-16-12-10-13-17-28)29-18-14-11-15-19-29/h9-19,21,26-27,30-31,33-34,37-38H,1-2,20,22-24H2,3-8H3/t26-,30-,31?,33+,34-/m1/s1. The lowest BCUT2D eigenvalue weighted by molar-refractivity contribution is -0.269. The maximum atomic E-state index is 11.5. The number of allylic oxidation sites excluding steroid dienone is 3. The zero-order valence-electron chi connectivity index (χ0n) is 26.3. The average Bonchev–Trinajstić information content (AvgIpc) is 2.95. The van der Waals surface area contributed by atoms with E-state index in [0.29, 0.717) is 25.2 Å². The van der Waals surface area contributed by atoms with E-state index in [-0.39, 0.29) is 41.2 Å². The quantitative estimate of drug-likeness (QED) is 0.269. The molecule has 1 aliphatic heterocycles. The molecule has 5 nitrogen and oxygen atoms in total. The van der Waals surface area contributed by atoms with Crippen molar-refractivity contribution in [3.8, 4) is 0 Å². The van der Waals surface area contributed by atoms with E-state index in [0.717, 1.165) is 5.76 Å². The van der Waals surface area contributed by atoms with Crippen molar-refractivity contribution in [3.63, 3.8) is 0 Å². The monoisotopic (exact) mass is 590 g/mol. The van der Waals surface area contributed by atoms with Crippen LogP contribution in [0.1, 0.15) is 48.0 Å². The second-order valence-electron chi connectivity index (χ2n) is 13.6. The van der Waals surface area contributed by atoms with Gasteiger partial charge in [-0.1, -0.05) is 101 Å². The van der Waals surface area contributed by atoms with Crippen LogP contribution in [0.5, 0.6) is 0 Å². The molecule has 0 bridgehead atoms. The zero-order valence-corrected chi connectivity index (χ0v) is 27.3. The molecule has 6 heteroatoms. The molecule has 1 unspecified atom stereocenters. The third-order valence-electron chi connectivity index (χ3n) is 9.15. The third kappa shape index (κ3) is 6.53. The van der Waals surface area contributed by atoms with Crippen LogP contribution in [-0.2, 0) is 13.9 Å². The van der Waals surface area contributed by atoms with Crippen LogP contribution < -0.4 is 10.4 Å². The second kappa shape index (κ2) is 13.0. The molecule has 0 radical (unpaired) electrons. The zero-order chi connectivity index (χ0) is 30.7. The topological polar surface area (TPSA) is 68.2 Å². The van der Waals surface area contributed by atoms with E-state index in [1.165, 1.54) is 10.4 Å². The predicted molar refractivity (Wildman–Crippen MR) is 173 cm³/mol. The van der Waals surface area contributed by atoms with Crippen LogP contribution in [0.15, 0.2) is 97.3 Å². The fourth-order valence-corrected chi connectivity index (χ4v) is 11.5. The van der Waals surface area contributed by atoms with Crippen molar-refractivity contribution in [3.05, 3.63) is 97.3 Å². The van der Waals surface area contributed by atoms with Crippen LogP contribution in [0.25, 0.3) is 0 Å². The van der Waals surface area contributed by atoms with Gasteiger partial charge in [-0.15, -0.1) is 6.58 Å². The molecule has 2 N–H and O–H groups in total. The summed E-state index contributed by atoms with van der Waals surface area (Å²) in [5.74, 6) is -0.0470. The van der Waals surface area contributed by atoms with E-state index in [9.17, 15) is 10.2 Å². The highest BCUT2D eigenvalue weighted by Gasteiger charge is 2.55. The van der Waals surface area contributed by atoms with E-state index >= 15 is 0 Å². The maximum absolute atomic E-state index is 11.5. The van der Waals surface area contributed by atoms with Gasteiger partial charge in [0.05, 0.1) is 31.7 Å². The Balaban J connectivity index is 1.89. The molecule has 42 heavy (non-hydrogen) atoms. The SMILES string of the molecule is C=C[C@@H]1[C@@H](C(O)CC(=C)CO)[C@H](C)C=C(O[Si](c2ccccc2)(c2ccccc2)C(C)(C)C)[C@@H]1C1COC(C)(C)OC1. The van der Waals surface area contributed by atoms with Crippen LogP contribution in [0, 0.1) is 29.6 Å². The normalized spacial score (nSPS) is 25.8. The Labute approximate surface area is 254 Å². The van der Waals surface area contributed by atoms with Crippen LogP contribution in [0.4, 0.5) is 0 Å². The largest absolute Gasteiger partial charge is 0.537 e. The van der Waals surface area contributed by atoms with E-state index < -0.39 is 20.2 Å². The molecular formula is C36H50O5Si. The first kappa shape index (κ1) is 32.4. The van der Waals surface area contributed by atoms with Crippen LogP contribution in [-0.4, -0.2) is 50.2 Å². The van der Waals surface area contributed by atoms with E-state index in [4.69, 9.17) is 13.9 Å². The molecular weight excluding hydrogens is 540 g/mol. The number of aliphatic hydroxyl groups excluding tert-OH is 2. The lowest BCUT2D eigenvalue weighted by atomic mass is 9.63. The summed E-state index contributed by atoms with van der Waals surface area (Å²) < 4.78 is 20.1. The van der Waals surface area contributed by atoms with Gasteiger partial charge in [0, 0.05) is 11.8 Å². The summed E-state index contributed by atoms with van der Waals surface area (Å²) in [5, 5.41) is 23.4. The summed E-state index contributed by atoms with van der Waals surface area (Å²) in [6.45, 7) is 22.0. The maximum Gasteiger partial charge on any atom is 0.319 e. The van der Waals surface area contributed by atoms with Gasteiger partial charge in [0.25, 0.3) is 0 Å². The Morgan fingerprint density at radius 1 is 1.05 bits per heavy atom. The molecule has 2 aromatic rings. The first-order valence-electron chi connectivity index (χ1n) is 15.2. The summed E-state index contributed by atoms with van der Waals surface area (Å²) in [6, 6.07) is 21.3. The molecule has 0 amide bonds. The minimum atomic E-state index is -2.92. The lowest BCUT2D eigenvalue weighted by Gasteiger charge is -2.51. The van der Waals surface area contributed by atoms with Gasteiger partial charge in [-0.05, 0) is 65.1 Å². The van der Waals surface area contributed by atoms with Crippen LogP contribution in [0.2, 0.25) is 5.04 Å². The summed E-state index contributed by atoms with van der Waals surface area (Å²) >= 11 is 0. The smallest absolute Gasteiger partial charge is 0.319 e. The van der Waals surface area contributed by atoms with Gasteiger partial charge < -0.3 is 24.1 Å². The number of aliphatic hydroxyl groups is 2. The van der Waals surface area contributed by atoms with Crippen molar-refractivity contribution in [1.82, 2.24) is 0 Å². The fraction of sp³-hybridized carbons (Fsp3) is 0.500. The molecule has 4 rings (SSSR count). The second-order valence-corrected chi connectivity index (χ2v) is 17.8. The van der Waals surface area contributed by atoms with Crippen molar-refractivity contribution >= 4 is 18.7 Å². The number of ether oxygens (including phenoxy) is 2. The van der Waals surface area contributed by atoms with Crippen molar-refractivity contribution in [2.75, 3.05) is 19.8 Å². The van der Waals surface area contributed by atoms with Crippen molar-refractivity contribution in [2.45, 2.75) is 64.9 Å². The Hall–Kier alpha value is -2.48. The molecule has 0 aromatic heterocycles. The summed E-state index contributed by atoms with van der Waals surface area (Å²) in [6.07, 6.45) is 3.88. The van der Waals surface area contributed by atoms with E-state index in [1.807, 2.05) is 19.9 Å². The third-order valence-corrected chi connectivity index (χ3v) is 14.1. The number of benzene rings is 2. The van der Waals surface area contributed by atoms with Gasteiger partial charge >= 0.3 is 8.32 Å². The van der Waals surface area contributed by atoms with Gasteiger partial charge in [0.15, 0.2) is 5.79 Å². The van der Waals surface area contributed by atoms with Crippen LogP contribution >= 0.6 is 0 Å². The van der Waals surface area contributed by atoms with Gasteiger partial charge in [-0.2, -0.15) is 0 Å². The van der Waals surface area contributed by atoms with Gasteiger partial charge in [0.2, 0.25) is 0 Å². The molecule has 2 aromatic carbocycles. The highest BCUT2D eigenvalue weighted by atomic mass is 28.4. The Morgan fingerprint density at radius 3 is 2.02 bits per heavy atom. The Morgan fingerprint density at radius 2 is 1.57 bits per heavy atom. The molecule has 0 saturated carbocycles.